The molecule has 4 heterocycles. The highest BCUT2D eigenvalue weighted by molar-refractivity contribution is 5.84. The van der Waals surface area contributed by atoms with Crippen LogP contribution in [-0.2, 0) is 20.7 Å². The minimum atomic E-state index is -1.03. The molecule has 268 valence electrons. The van der Waals surface area contributed by atoms with Crippen LogP contribution in [0.3, 0.4) is 0 Å². The third-order valence-corrected chi connectivity index (χ3v) is 10.8. The number of aromatic amines is 1. The number of phenolic OH excluding ortho intramolecular Hbond substituents is 1. The number of likely N-dealkylation sites (tertiary alicyclic amines) is 3. The number of hydrogen-bond donors (Lipinski definition) is 3. The van der Waals surface area contributed by atoms with Crippen LogP contribution in [0.2, 0.25) is 0 Å². The summed E-state index contributed by atoms with van der Waals surface area (Å²) >= 11 is 0. The zero-order valence-corrected chi connectivity index (χ0v) is 28.9. The first kappa shape index (κ1) is 35.2. The fraction of sp³-hybridized carbons (Fsp3) is 0.541. The van der Waals surface area contributed by atoms with Gasteiger partial charge in [-0.3, -0.25) is 19.5 Å². The van der Waals surface area contributed by atoms with Gasteiger partial charge in [0.1, 0.15) is 5.75 Å². The van der Waals surface area contributed by atoms with Crippen molar-refractivity contribution >= 4 is 18.0 Å². The number of ether oxygens (including phenoxy) is 1. The number of aromatic hydroxyl groups is 1. The van der Waals surface area contributed by atoms with Crippen molar-refractivity contribution in [2.45, 2.75) is 70.9 Å². The summed E-state index contributed by atoms with van der Waals surface area (Å²) < 4.78 is 7.49. The smallest absolute Gasteiger partial charge is 0.410 e. The van der Waals surface area contributed by atoms with Crippen LogP contribution in [-0.4, -0.2) is 110 Å². The van der Waals surface area contributed by atoms with Gasteiger partial charge >= 0.3 is 17.8 Å². The van der Waals surface area contributed by atoms with Gasteiger partial charge in [0.25, 0.3) is 5.91 Å². The van der Waals surface area contributed by atoms with E-state index in [9.17, 15) is 24.3 Å². The van der Waals surface area contributed by atoms with Crippen molar-refractivity contribution in [2.24, 2.45) is 11.8 Å². The molecule has 13 nitrogen and oxygen atoms in total. The number of carboxylic acid groups (broad SMARTS) is 1. The van der Waals surface area contributed by atoms with Gasteiger partial charge in [-0.1, -0.05) is 42.5 Å². The quantitative estimate of drug-likeness (QED) is 0.302. The van der Waals surface area contributed by atoms with Crippen molar-refractivity contribution in [3.05, 3.63) is 69.6 Å². The van der Waals surface area contributed by atoms with E-state index in [4.69, 9.17) is 9.84 Å². The van der Waals surface area contributed by atoms with Gasteiger partial charge in [0.2, 0.25) is 0 Å². The number of carbonyl (C=O) groups is 3. The van der Waals surface area contributed by atoms with Crippen LogP contribution in [0.25, 0.3) is 11.4 Å². The number of carbonyl (C=O) groups excluding carboxylic acids is 2. The Morgan fingerprint density at radius 2 is 1.46 bits per heavy atom. The Bertz CT molecular complexity index is 1690. The third kappa shape index (κ3) is 8.20. The molecule has 3 saturated heterocycles. The van der Waals surface area contributed by atoms with E-state index in [1.165, 1.54) is 4.68 Å². The lowest BCUT2D eigenvalue weighted by Crippen LogP contribution is -2.49. The lowest BCUT2D eigenvalue weighted by Gasteiger charge is -2.40. The SMILES string of the molecule is Cc1cc(C[C@@H](OC(=O)N2CCC(n3nc(-c4ccccc4)[nH]c3=O)CC2)C(=O)N2CCC(C3CCN(CC(=O)O)CC3)CC2)cc(C)c1O. The Hall–Kier alpha value is -4.65. The van der Waals surface area contributed by atoms with E-state index in [0.29, 0.717) is 67.8 Å². The van der Waals surface area contributed by atoms with E-state index in [1.54, 1.807) is 4.90 Å². The van der Waals surface area contributed by atoms with Gasteiger partial charge in [-0.15, -0.1) is 5.10 Å². The Labute approximate surface area is 291 Å². The summed E-state index contributed by atoms with van der Waals surface area (Å²) in [6.07, 6.45) is 3.29. The second-order valence-corrected chi connectivity index (χ2v) is 14.1. The van der Waals surface area contributed by atoms with Crippen LogP contribution in [0, 0.1) is 25.7 Å². The van der Waals surface area contributed by atoms with Gasteiger partial charge in [-0.05, 0) is 94.0 Å². The van der Waals surface area contributed by atoms with E-state index in [0.717, 1.165) is 49.9 Å². The van der Waals surface area contributed by atoms with Crippen molar-refractivity contribution in [1.29, 1.82) is 0 Å². The molecule has 2 amide bonds. The monoisotopic (exact) mass is 688 g/mol. The molecule has 3 N–H and O–H groups in total. The average molecular weight is 689 g/mol. The number of piperidine rings is 3. The molecule has 0 spiro atoms. The van der Waals surface area contributed by atoms with Crippen LogP contribution in [0.5, 0.6) is 5.75 Å². The number of carboxylic acids is 1. The van der Waals surface area contributed by atoms with E-state index < -0.39 is 18.2 Å². The molecule has 3 aliphatic heterocycles. The molecule has 0 radical (unpaired) electrons. The number of aryl methyl sites for hydroxylation is 2. The topological polar surface area (TPSA) is 161 Å². The second-order valence-electron chi connectivity index (χ2n) is 14.1. The maximum Gasteiger partial charge on any atom is 0.410 e. The van der Waals surface area contributed by atoms with Gasteiger partial charge in [-0.25, -0.2) is 14.3 Å². The largest absolute Gasteiger partial charge is 0.507 e. The highest BCUT2D eigenvalue weighted by Crippen LogP contribution is 2.33. The summed E-state index contributed by atoms with van der Waals surface area (Å²) in [6, 6.07) is 12.9. The minimum Gasteiger partial charge on any atom is -0.507 e. The fourth-order valence-electron chi connectivity index (χ4n) is 7.92. The number of aromatic nitrogens is 3. The predicted octanol–water partition coefficient (Wildman–Crippen LogP) is 3.98. The molecule has 3 fully saturated rings. The molecule has 3 aromatic rings. The number of hydrogen-bond acceptors (Lipinski definition) is 8. The Morgan fingerprint density at radius 3 is 2.06 bits per heavy atom. The number of nitrogens with one attached hydrogen (secondary N) is 1. The van der Waals surface area contributed by atoms with Crippen LogP contribution in [0.4, 0.5) is 4.79 Å². The van der Waals surface area contributed by atoms with E-state index >= 15 is 0 Å². The molecule has 0 unspecified atom stereocenters. The molecule has 1 aromatic heterocycles. The molecule has 3 aliphatic rings. The highest BCUT2D eigenvalue weighted by atomic mass is 16.6. The molecule has 13 heteroatoms. The number of amides is 2. The lowest BCUT2D eigenvalue weighted by atomic mass is 9.78. The van der Waals surface area contributed by atoms with Crippen LogP contribution >= 0.6 is 0 Å². The number of H-pyrrole nitrogens is 1. The molecule has 0 saturated carbocycles. The summed E-state index contributed by atoms with van der Waals surface area (Å²) in [5.41, 5.74) is 2.72. The number of benzene rings is 2. The summed E-state index contributed by atoms with van der Waals surface area (Å²) in [7, 11) is 0. The maximum absolute atomic E-state index is 14.0. The number of rotatable bonds is 9. The molecule has 0 aliphatic carbocycles. The standard InChI is InChI=1S/C37H48N6O7/c1-24-20-26(21-25(2)33(24)46)22-31(35(47)41-16-10-28(11-17-41)27-8-14-40(15-9-27)23-32(44)45)50-37(49)42-18-12-30(13-19-42)43-36(48)38-34(39-43)29-6-4-3-5-7-29/h3-7,20-21,27-28,30-31,46H,8-19,22-23H2,1-2H3,(H,44,45)(H,38,39,48)/t31-/m1/s1. The number of phenols is 1. The second kappa shape index (κ2) is 15.5. The van der Waals surface area contributed by atoms with Gasteiger partial charge in [0, 0.05) is 38.2 Å². The van der Waals surface area contributed by atoms with Crippen LogP contribution in [0.1, 0.15) is 61.3 Å². The Morgan fingerprint density at radius 1 is 0.880 bits per heavy atom. The van der Waals surface area contributed by atoms with E-state index in [-0.39, 0.29) is 36.4 Å². The number of nitrogens with zero attached hydrogens (tertiary/aromatic N) is 5. The number of aliphatic carboxylic acids is 1. The first-order valence-electron chi connectivity index (χ1n) is 17.8. The highest BCUT2D eigenvalue weighted by Gasteiger charge is 2.36. The molecule has 6 rings (SSSR count). The van der Waals surface area contributed by atoms with Crippen LogP contribution < -0.4 is 5.69 Å². The predicted molar refractivity (Wildman–Crippen MR) is 186 cm³/mol. The zero-order valence-electron chi connectivity index (χ0n) is 28.9. The van der Waals surface area contributed by atoms with Crippen molar-refractivity contribution in [3.8, 4) is 17.1 Å². The first-order valence-corrected chi connectivity index (χ1v) is 17.8. The summed E-state index contributed by atoms with van der Waals surface area (Å²) in [5.74, 6) is 0.683. The van der Waals surface area contributed by atoms with Crippen molar-refractivity contribution in [3.63, 3.8) is 0 Å². The third-order valence-electron chi connectivity index (χ3n) is 10.8. The van der Waals surface area contributed by atoms with E-state index in [2.05, 4.69) is 10.1 Å². The van der Waals surface area contributed by atoms with Crippen LogP contribution in [0.15, 0.2) is 47.3 Å². The average Bonchev–Trinajstić information content (AvgIpc) is 3.52. The Kier molecular flexibility index (Phi) is 10.9. The fourth-order valence-corrected chi connectivity index (χ4v) is 7.92. The van der Waals surface area contributed by atoms with Gasteiger partial charge in [0.15, 0.2) is 11.9 Å². The summed E-state index contributed by atoms with van der Waals surface area (Å²) in [4.78, 5) is 59.7. The summed E-state index contributed by atoms with van der Waals surface area (Å²) in [6.45, 7) is 7.14. The van der Waals surface area contributed by atoms with Crippen molar-refractivity contribution in [1.82, 2.24) is 29.5 Å². The zero-order chi connectivity index (χ0) is 35.4. The molecular weight excluding hydrogens is 640 g/mol. The Balaban J connectivity index is 1.08. The molecule has 0 bridgehead atoms. The first-order chi connectivity index (χ1) is 24.0. The normalized spacial score (nSPS) is 19.0. The summed E-state index contributed by atoms with van der Waals surface area (Å²) in [5, 5.41) is 24.0. The van der Waals surface area contributed by atoms with E-state index in [1.807, 2.05) is 66.1 Å². The van der Waals surface area contributed by atoms with Gasteiger partial charge in [-0.2, -0.15) is 0 Å². The molecular formula is C37H48N6O7. The van der Waals surface area contributed by atoms with Gasteiger partial charge in [0.05, 0.1) is 12.6 Å². The van der Waals surface area contributed by atoms with Gasteiger partial charge < -0.3 is 24.7 Å². The van der Waals surface area contributed by atoms with Crippen molar-refractivity contribution < 1.29 is 29.3 Å². The molecule has 2 aromatic carbocycles. The minimum absolute atomic E-state index is 0.0810. The molecule has 50 heavy (non-hydrogen) atoms. The maximum atomic E-state index is 14.0. The van der Waals surface area contributed by atoms with Crippen molar-refractivity contribution in [2.75, 3.05) is 45.8 Å². The lowest BCUT2D eigenvalue weighted by molar-refractivity contribution is -0.142. The molecule has 1 atom stereocenters.